The number of aliphatic hydroxyl groups excluding tert-OH is 1. The second kappa shape index (κ2) is 8.08. The van der Waals surface area contributed by atoms with Crippen LogP contribution in [-0.2, 0) is 14.3 Å². The van der Waals surface area contributed by atoms with Gasteiger partial charge in [0.05, 0.1) is 11.7 Å². The first kappa shape index (κ1) is 23.0. The SMILES string of the molecule is CC1=CC(=O)O/C1=C\C=C(/C)CC[C@@H]1[C@@]2(C)CCC[C@@](C)(C=O)[C@@H]2[C@@H](O)C[C@@]1(C)O. The summed E-state index contributed by atoms with van der Waals surface area (Å²) in [6.45, 7) is 9.85. The largest absolute Gasteiger partial charge is 0.423 e. The standard InChI is InChI=1S/C25H36O5/c1-16(7-9-19-17(2)13-21(28)30-19)8-10-20-24(4)12-6-11-23(3,15-26)22(24)18(27)14-25(20,5)29/h7,9,13,15,18,20,22,27,29H,6,8,10-12,14H2,1-5H3/b16-7+,19-9-/t18-,20+,22-,23-,24+,25+/m0/s1. The van der Waals surface area contributed by atoms with Crippen LogP contribution < -0.4 is 0 Å². The number of aldehydes is 1. The van der Waals surface area contributed by atoms with Gasteiger partial charge in [-0.3, -0.25) is 0 Å². The Morgan fingerprint density at radius 2 is 2.00 bits per heavy atom. The number of ether oxygens (including phenoxy) is 1. The Morgan fingerprint density at radius 1 is 1.30 bits per heavy atom. The van der Waals surface area contributed by atoms with Crippen molar-refractivity contribution in [2.24, 2.45) is 22.7 Å². The lowest BCUT2D eigenvalue weighted by Crippen LogP contribution is -2.63. The molecule has 2 saturated carbocycles. The van der Waals surface area contributed by atoms with E-state index in [1.54, 1.807) is 0 Å². The van der Waals surface area contributed by atoms with Gasteiger partial charge in [0.15, 0.2) is 0 Å². The summed E-state index contributed by atoms with van der Waals surface area (Å²) in [7, 11) is 0. The molecule has 0 spiro atoms. The Hall–Kier alpha value is -1.72. The maximum Gasteiger partial charge on any atom is 0.336 e. The number of rotatable bonds is 5. The number of cyclic esters (lactones) is 1. The summed E-state index contributed by atoms with van der Waals surface area (Å²) in [5.74, 6) is 0.0859. The van der Waals surface area contributed by atoms with Crippen molar-refractivity contribution in [3.8, 4) is 0 Å². The van der Waals surface area contributed by atoms with Gasteiger partial charge in [-0.1, -0.05) is 31.9 Å². The number of carbonyl (C=O) groups excluding carboxylic acids is 2. The van der Waals surface area contributed by atoms with Crippen molar-refractivity contribution in [3.63, 3.8) is 0 Å². The minimum atomic E-state index is -0.981. The first-order valence-corrected chi connectivity index (χ1v) is 11.1. The molecular weight excluding hydrogens is 380 g/mol. The van der Waals surface area contributed by atoms with E-state index < -0.39 is 17.1 Å². The zero-order chi connectivity index (χ0) is 22.3. The first-order valence-electron chi connectivity index (χ1n) is 11.1. The molecule has 166 valence electrons. The molecule has 2 fully saturated rings. The lowest BCUT2D eigenvalue weighted by atomic mass is 9.44. The van der Waals surface area contributed by atoms with Gasteiger partial charge in [0.1, 0.15) is 12.0 Å². The molecule has 0 amide bonds. The van der Waals surface area contributed by atoms with Crippen molar-refractivity contribution in [1.82, 2.24) is 0 Å². The van der Waals surface area contributed by atoms with E-state index in [1.165, 1.54) is 6.08 Å². The van der Waals surface area contributed by atoms with E-state index in [2.05, 4.69) is 6.92 Å². The van der Waals surface area contributed by atoms with E-state index in [1.807, 2.05) is 39.8 Å². The monoisotopic (exact) mass is 416 g/mol. The molecule has 30 heavy (non-hydrogen) atoms. The van der Waals surface area contributed by atoms with Crippen LogP contribution in [0, 0.1) is 22.7 Å². The zero-order valence-electron chi connectivity index (χ0n) is 18.9. The third kappa shape index (κ3) is 4.06. The van der Waals surface area contributed by atoms with E-state index in [9.17, 15) is 19.8 Å². The van der Waals surface area contributed by atoms with Gasteiger partial charge in [-0.05, 0) is 69.4 Å². The molecule has 2 N–H and O–H groups in total. The van der Waals surface area contributed by atoms with E-state index >= 15 is 0 Å². The molecule has 0 aromatic carbocycles. The Bertz CT molecular complexity index is 804. The molecule has 0 bridgehead atoms. The molecule has 1 aliphatic heterocycles. The second-order valence-electron chi connectivity index (χ2n) is 10.5. The molecule has 0 unspecified atom stereocenters. The maximum absolute atomic E-state index is 12.0. The summed E-state index contributed by atoms with van der Waals surface area (Å²) in [4.78, 5) is 23.3. The molecule has 3 rings (SSSR count). The molecule has 3 aliphatic rings. The lowest BCUT2D eigenvalue weighted by molar-refractivity contribution is -0.213. The molecule has 0 radical (unpaired) electrons. The van der Waals surface area contributed by atoms with E-state index in [-0.39, 0.29) is 23.2 Å². The van der Waals surface area contributed by atoms with Crippen LogP contribution in [0.15, 0.2) is 35.1 Å². The first-order chi connectivity index (χ1) is 13.9. The Balaban J connectivity index is 1.80. The fourth-order valence-electron chi connectivity index (χ4n) is 6.66. The smallest absolute Gasteiger partial charge is 0.336 e. The summed E-state index contributed by atoms with van der Waals surface area (Å²) in [6, 6.07) is 0. The second-order valence-corrected chi connectivity index (χ2v) is 10.5. The van der Waals surface area contributed by atoms with Crippen molar-refractivity contribution in [2.45, 2.75) is 84.8 Å². The molecule has 1 heterocycles. The van der Waals surface area contributed by atoms with Crippen LogP contribution in [0.5, 0.6) is 0 Å². The van der Waals surface area contributed by atoms with Gasteiger partial charge in [-0.15, -0.1) is 0 Å². The topological polar surface area (TPSA) is 83.8 Å². The number of fused-ring (bicyclic) bond motifs is 1. The quantitative estimate of drug-likeness (QED) is 0.517. The van der Waals surface area contributed by atoms with Gasteiger partial charge in [0.2, 0.25) is 0 Å². The molecule has 6 atom stereocenters. The molecule has 0 aromatic rings. The van der Waals surface area contributed by atoms with Crippen molar-refractivity contribution < 1.29 is 24.5 Å². The van der Waals surface area contributed by atoms with Crippen molar-refractivity contribution in [3.05, 3.63) is 35.1 Å². The fraction of sp³-hybridized carbons (Fsp3) is 0.680. The number of carbonyl (C=O) groups is 2. The summed E-state index contributed by atoms with van der Waals surface area (Å²) in [5.41, 5.74) is 0.124. The van der Waals surface area contributed by atoms with Crippen LogP contribution >= 0.6 is 0 Å². The van der Waals surface area contributed by atoms with Gasteiger partial charge in [0, 0.05) is 23.8 Å². The Kier molecular flexibility index (Phi) is 6.18. The van der Waals surface area contributed by atoms with Gasteiger partial charge in [0.25, 0.3) is 0 Å². The van der Waals surface area contributed by atoms with Gasteiger partial charge >= 0.3 is 5.97 Å². The summed E-state index contributed by atoms with van der Waals surface area (Å²) in [5, 5.41) is 22.2. The Morgan fingerprint density at radius 3 is 2.60 bits per heavy atom. The predicted octanol–water partition coefficient (Wildman–Crippen LogP) is 4.24. The van der Waals surface area contributed by atoms with Gasteiger partial charge in [-0.2, -0.15) is 0 Å². The molecule has 0 aromatic heterocycles. The highest BCUT2D eigenvalue weighted by Crippen LogP contribution is 2.62. The van der Waals surface area contributed by atoms with E-state index in [4.69, 9.17) is 4.74 Å². The molecule has 5 heteroatoms. The van der Waals surface area contributed by atoms with Crippen molar-refractivity contribution >= 4 is 12.3 Å². The third-order valence-electron chi connectivity index (χ3n) is 7.96. The van der Waals surface area contributed by atoms with Crippen molar-refractivity contribution in [1.29, 1.82) is 0 Å². The normalized spacial score (nSPS) is 43.2. The van der Waals surface area contributed by atoms with Crippen LogP contribution in [0.2, 0.25) is 0 Å². The number of aliphatic hydroxyl groups is 2. The zero-order valence-corrected chi connectivity index (χ0v) is 18.9. The van der Waals surface area contributed by atoms with Crippen molar-refractivity contribution in [2.75, 3.05) is 0 Å². The van der Waals surface area contributed by atoms with Crippen LogP contribution in [0.25, 0.3) is 0 Å². The summed E-state index contributed by atoms with van der Waals surface area (Å²) in [6.07, 6.45) is 10.1. The highest BCUT2D eigenvalue weighted by molar-refractivity contribution is 5.88. The van der Waals surface area contributed by atoms with E-state index in [0.29, 0.717) is 12.2 Å². The van der Waals surface area contributed by atoms with Gasteiger partial charge < -0.3 is 19.7 Å². The van der Waals surface area contributed by atoms with E-state index in [0.717, 1.165) is 49.5 Å². The van der Waals surface area contributed by atoms with Crippen LogP contribution in [0.1, 0.15) is 73.1 Å². The average molecular weight is 417 g/mol. The lowest BCUT2D eigenvalue weighted by Gasteiger charge is -2.62. The van der Waals surface area contributed by atoms with Crippen LogP contribution in [-0.4, -0.2) is 34.2 Å². The summed E-state index contributed by atoms with van der Waals surface area (Å²) >= 11 is 0. The minimum Gasteiger partial charge on any atom is -0.423 e. The number of allylic oxidation sites excluding steroid dienone is 4. The molecule has 5 nitrogen and oxygen atoms in total. The van der Waals surface area contributed by atoms with Crippen LogP contribution in [0.4, 0.5) is 0 Å². The molecule has 0 saturated heterocycles. The maximum atomic E-state index is 12.0. The van der Waals surface area contributed by atoms with Gasteiger partial charge in [-0.25, -0.2) is 4.79 Å². The Labute approximate surface area is 179 Å². The fourth-order valence-corrected chi connectivity index (χ4v) is 6.66. The van der Waals surface area contributed by atoms with Crippen LogP contribution in [0.3, 0.4) is 0 Å². The molecule has 2 aliphatic carbocycles. The summed E-state index contributed by atoms with van der Waals surface area (Å²) < 4.78 is 5.17. The highest BCUT2D eigenvalue weighted by Gasteiger charge is 2.62. The third-order valence-corrected chi connectivity index (χ3v) is 7.96. The number of hydrogen-bond acceptors (Lipinski definition) is 5. The minimum absolute atomic E-state index is 0.0140. The number of hydrogen-bond donors (Lipinski definition) is 2. The predicted molar refractivity (Wildman–Crippen MR) is 115 cm³/mol. The molecular formula is C25H36O5. The average Bonchev–Trinajstić information content (AvgIpc) is 2.95. The number of esters is 1. The highest BCUT2D eigenvalue weighted by atomic mass is 16.5.